The van der Waals surface area contributed by atoms with Crippen molar-refractivity contribution in [3.63, 3.8) is 0 Å². The molecule has 4 rings (SSSR count). The average molecular weight is 471 g/mol. The van der Waals surface area contributed by atoms with Gasteiger partial charge in [-0.25, -0.2) is 8.42 Å². The standard InChI is InChI=1S/C25H30N2O5S/c1-5-27(19(4)24-14-21-8-6-7-9-23(21)32-24)25(28)20-10-12-22(13-11-20)33(29,30)26-15-17(2)31-18(3)16-26/h6-14,17-19H,5,15-16H2,1-4H3. The molecule has 0 bridgehead atoms. The first kappa shape index (κ1) is 23.5. The lowest BCUT2D eigenvalue weighted by atomic mass is 10.1. The van der Waals surface area contributed by atoms with Gasteiger partial charge in [0.05, 0.1) is 23.1 Å². The third-order valence-electron chi connectivity index (χ3n) is 6.05. The van der Waals surface area contributed by atoms with Crippen LogP contribution in [0, 0.1) is 0 Å². The lowest BCUT2D eigenvalue weighted by Crippen LogP contribution is -2.48. The highest BCUT2D eigenvalue weighted by atomic mass is 32.2. The number of carbonyl (C=O) groups is 1. The van der Waals surface area contributed by atoms with Crippen molar-refractivity contribution in [1.29, 1.82) is 0 Å². The van der Waals surface area contributed by atoms with Gasteiger partial charge < -0.3 is 14.1 Å². The third-order valence-corrected chi connectivity index (χ3v) is 7.90. The summed E-state index contributed by atoms with van der Waals surface area (Å²) in [7, 11) is -3.66. The highest BCUT2D eigenvalue weighted by molar-refractivity contribution is 7.89. The Hall–Kier alpha value is -2.68. The molecule has 0 saturated carbocycles. The zero-order valence-corrected chi connectivity index (χ0v) is 20.2. The number of sulfonamides is 1. The maximum absolute atomic E-state index is 13.3. The molecule has 1 amide bonds. The Labute approximate surface area is 195 Å². The van der Waals surface area contributed by atoms with E-state index in [1.54, 1.807) is 17.0 Å². The molecule has 176 valence electrons. The number of benzene rings is 2. The van der Waals surface area contributed by atoms with Gasteiger partial charge in [-0.3, -0.25) is 4.79 Å². The zero-order chi connectivity index (χ0) is 23.8. The molecule has 3 atom stereocenters. The minimum Gasteiger partial charge on any atom is -0.459 e. The SMILES string of the molecule is CCN(C(=O)c1ccc(S(=O)(=O)N2CC(C)OC(C)C2)cc1)C(C)c1cc2ccccc2o1. The minimum atomic E-state index is -3.66. The van der Waals surface area contributed by atoms with Gasteiger partial charge in [0.15, 0.2) is 0 Å². The molecule has 2 heterocycles. The summed E-state index contributed by atoms with van der Waals surface area (Å²) in [4.78, 5) is 15.2. The molecule has 0 N–H and O–H groups in total. The molecule has 0 aliphatic carbocycles. The number of carbonyl (C=O) groups excluding carboxylic acids is 1. The first-order valence-corrected chi connectivity index (χ1v) is 12.7. The molecule has 0 radical (unpaired) electrons. The van der Waals surface area contributed by atoms with Crippen LogP contribution in [-0.2, 0) is 14.8 Å². The smallest absolute Gasteiger partial charge is 0.254 e. The maximum Gasteiger partial charge on any atom is 0.254 e. The number of amides is 1. The molecule has 1 aliphatic rings. The van der Waals surface area contributed by atoms with Crippen molar-refractivity contribution in [2.75, 3.05) is 19.6 Å². The fraction of sp³-hybridized carbons (Fsp3) is 0.400. The number of para-hydroxylation sites is 1. The van der Waals surface area contributed by atoms with Gasteiger partial charge in [0, 0.05) is 30.6 Å². The van der Waals surface area contributed by atoms with Crippen molar-refractivity contribution in [3.05, 3.63) is 65.9 Å². The van der Waals surface area contributed by atoms with Crippen molar-refractivity contribution < 1.29 is 22.4 Å². The lowest BCUT2D eigenvalue weighted by molar-refractivity contribution is -0.0440. The van der Waals surface area contributed by atoms with Gasteiger partial charge in [-0.05, 0) is 64.1 Å². The summed E-state index contributed by atoms with van der Waals surface area (Å²) in [5.41, 5.74) is 1.21. The van der Waals surface area contributed by atoms with E-state index in [2.05, 4.69) is 0 Å². The van der Waals surface area contributed by atoms with Crippen molar-refractivity contribution in [3.8, 4) is 0 Å². The van der Waals surface area contributed by atoms with Gasteiger partial charge in [-0.1, -0.05) is 18.2 Å². The number of rotatable bonds is 6. The van der Waals surface area contributed by atoms with E-state index in [1.165, 1.54) is 16.4 Å². The van der Waals surface area contributed by atoms with Crippen LogP contribution < -0.4 is 0 Å². The molecule has 7 nitrogen and oxygen atoms in total. The topological polar surface area (TPSA) is 80.1 Å². The maximum atomic E-state index is 13.3. The first-order chi connectivity index (χ1) is 15.7. The van der Waals surface area contributed by atoms with Crippen molar-refractivity contribution in [2.45, 2.75) is 50.8 Å². The normalized spacial score (nSPS) is 20.6. The average Bonchev–Trinajstić information content (AvgIpc) is 3.23. The van der Waals surface area contributed by atoms with Crippen LogP contribution in [0.2, 0.25) is 0 Å². The number of fused-ring (bicyclic) bond motifs is 1. The molecule has 0 spiro atoms. The number of furan rings is 1. The first-order valence-electron chi connectivity index (χ1n) is 11.3. The van der Waals surface area contributed by atoms with Gasteiger partial charge in [0.25, 0.3) is 5.91 Å². The van der Waals surface area contributed by atoms with Crippen LogP contribution >= 0.6 is 0 Å². The Kier molecular flexibility index (Phi) is 6.61. The molecule has 3 unspecified atom stereocenters. The summed E-state index contributed by atoms with van der Waals surface area (Å²) >= 11 is 0. The Morgan fingerprint density at radius 3 is 2.33 bits per heavy atom. The third kappa shape index (κ3) is 4.69. The summed E-state index contributed by atoms with van der Waals surface area (Å²) in [6.07, 6.45) is -0.329. The molecule has 1 fully saturated rings. The Morgan fingerprint density at radius 1 is 1.09 bits per heavy atom. The van der Waals surface area contributed by atoms with E-state index in [1.807, 2.05) is 58.0 Å². The Balaban J connectivity index is 1.54. The summed E-state index contributed by atoms with van der Waals surface area (Å²) in [5.74, 6) is 0.532. The second-order valence-electron chi connectivity index (χ2n) is 8.56. The van der Waals surface area contributed by atoms with Gasteiger partial charge in [0.1, 0.15) is 11.3 Å². The summed E-state index contributed by atoms with van der Waals surface area (Å²) in [6, 6.07) is 15.6. The quantitative estimate of drug-likeness (QED) is 0.532. The van der Waals surface area contributed by atoms with Crippen LogP contribution in [0.4, 0.5) is 0 Å². The van der Waals surface area contributed by atoms with E-state index in [0.717, 1.165) is 11.0 Å². The van der Waals surface area contributed by atoms with Gasteiger partial charge in [0.2, 0.25) is 10.0 Å². The summed E-state index contributed by atoms with van der Waals surface area (Å²) in [5, 5.41) is 0.990. The van der Waals surface area contributed by atoms with Crippen LogP contribution in [0.5, 0.6) is 0 Å². The van der Waals surface area contributed by atoms with Crippen molar-refractivity contribution in [1.82, 2.24) is 9.21 Å². The number of hydrogen-bond donors (Lipinski definition) is 0. The Morgan fingerprint density at radius 2 is 1.73 bits per heavy atom. The van der Waals surface area contributed by atoms with Crippen LogP contribution in [-0.4, -0.2) is 55.4 Å². The van der Waals surface area contributed by atoms with Crippen LogP contribution in [0.25, 0.3) is 11.0 Å². The highest BCUT2D eigenvalue weighted by Crippen LogP contribution is 2.29. The van der Waals surface area contributed by atoms with Crippen molar-refractivity contribution >= 4 is 26.9 Å². The van der Waals surface area contributed by atoms with E-state index in [9.17, 15) is 13.2 Å². The highest BCUT2D eigenvalue weighted by Gasteiger charge is 2.32. The number of morpholine rings is 1. The largest absolute Gasteiger partial charge is 0.459 e. The van der Waals surface area contributed by atoms with E-state index >= 15 is 0 Å². The van der Waals surface area contributed by atoms with Gasteiger partial charge in [-0.2, -0.15) is 4.31 Å². The number of ether oxygens (including phenoxy) is 1. The number of nitrogens with zero attached hydrogens (tertiary/aromatic N) is 2. The van der Waals surface area contributed by atoms with E-state index in [-0.39, 0.29) is 29.1 Å². The number of hydrogen-bond acceptors (Lipinski definition) is 5. The molecule has 1 saturated heterocycles. The molecule has 8 heteroatoms. The fourth-order valence-electron chi connectivity index (χ4n) is 4.37. The molecule has 3 aromatic rings. The summed E-state index contributed by atoms with van der Waals surface area (Å²) < 4.78 is 39.2. The van der Waals surface area contributed by atoms with Crippen LogP contribution in [0.15, 0.2) is 63.9 Å². The molecular formula is C25H30N2O5S. The predicted molar refractivity (Wildman–Crippen MR) is 127 cm³/mol. The van der Waals surface area contributed by atoms with Gasteiger partial charge >= 0.3 is 0 Å². The zero-order valence-electron chi connectivity index (χ0n) is 19.4. The minimum absolute atomic E-state index is 0.165. The van der Waals surface area contributed by atoms with E-state index < -0.39 is 10.0 Å². The lowest BCUT2D eigenvalue weighted by Gasteiger charge is -2.34. The Bertz CT molecular complexity index is 1190. The molecule has 1 aliphatic heterocycles. The second-order valence-corrected chi connectivity index (χ2v) is 10.5. The molecular weight excluding hydrogens is 440 g/mol. The molecule has 33 heavy (non-hydrogen) atoms. The van der Waals surface area contributed by atoms with E-state index in [4.69, 9.17) is 9.15 Å². The van der Waals surface area contributed by atoms with Crippen molar-refractivity contribution in [2.24, 2.45) is 0 Å². The van der Waals surface area contributed by atoms with Crippen LogP contribution in [0.1, 0.15) is 49.9 Å². The molecule has 2 aromatic carbocycles. The monoisotopic (exact) mass is 470 g/mol. The summed E-state index contributed by atoms with van der Waals surface area (Å²) in [6.45, 7) is 8.68. The van der Waals surface area contributed by atoms with Gasteiger partial charge in [-0.15, -0.1) is 0 Å². The van der Waals surface area contributed by atoms with E-state index in [0.29, 0.717) is 31.0 Å². The van der Waals surface area contributed by atoms with Crippen LogP contribution in [0.3, 0.4) is 0 Å². The fourth-order valence-corrected chi connectivity index (χ4v) is 5.96. The molecule has 1 aromatic heterocycles. The predicted octanol–water partition coefficient (Wildman–Crippen LogP) is 4.45. The second kappa shape index (κ2) is 9.29.